The average molecular weight is 590 g/mol. The van der Waals surface area contributed by atoms with Crippen LogP contribution < -0.4 is 5.32 Å². The lowest BCUT2D eigenvalue weighted by Gasteiger charge is -2.62. The first-order chi connectivity index (χ1) is 19.6. The lowest BCUT2D eigenvalue weighted by molar-refractivity contribution is -0.199. The second kappa shape index (κ2) is 12.5. The molecule has 8 nitrogen and oxygen atoms in total. The predicted molar refractivity (Wildman–Crippen MR) is 159 cm³/mol. The normalized spacial score (nSPS) is 38.3. The molecule has 0 radical (unpaired) electrons. The van der Waals surface area contributed by atoms with Gasteiger partial charge in [0.1, 0.15) is 18.8 Å². The minimum Gasteiger partial charge on any atom is -0.480 e. The SMILES string of the molecule is CCC(C)(C)C(=O)OC1CCC2(C)C(C1)CC(OC(C)=O)C1C2CCC2(C)C(C(C)CCC(=O)NCC(=O)O)CCC12. The van der Waals surface area contributed by atoms with Gasteiger partial charge in [0, 0.05) is 19.3 Å². The number of ether oxygens (including phenoxy) is 2. The third-order valence-corrected chi connectivity index (χ3v) is 12.7. The fourth-order valence-electron chi connectivity index (χ4n) is 9.85. The van der Waals surface area contributed by atoms with Crippen molar-refractivity contribution in [1.29, 1.82) is 0 Å². The van der Waals surface area contributed by atoms with E-state index in [0.29, 0.717) is 41.9 Å². The molecule has 4 fully saturated rings. The third-order valence-electron chi connectivity index (χ3n) is 12.7. The van der Waals surface area contributed by atoms with Crippen molar-refractivity contribution in [3.05, 3.63) is 0 Å². The van der Waals surface area contributed by atoms with Crippen molar-refractivity contribution < 1.29 is 33.8 Å². The average Bonchev–Trinajstić information content (AvgIpc) is 3.28. The van der Waals surface area contributed by atoms with Gasteiger partial charge in [0.05, 0.1) is 5.41 Å². The fraction of sp³-hybridized carbons (Fsp3) is 0.882. The van der Waals surface area contributed by atoms with E-state index in [4.69, 9.17) is 14.6 Å². The number of esters is 2. The molecule has 8 heteroatoms. The number of rotatable bonds is 10. The van der Waals surface area contributed by atoms with E-state index in [1.165, 1.54) is 6.92 Å². The predicted octanol–water partition coefficient (Wildman–Crippen LogP) is 6.15. The molecule has 2 N–H and O–H groups in total. The summed E-state index contributed by atoms with van der Waals surface area (Å²) in [6.45, 7) is 14.3. The van der Waals surface area contributed by atoms with E-state index in [0.717, 1.165) is 64.2 Å². The monoisotopic (exact) mass is 589 g/mol. The molecule has 0 aromatic rings. The number of amides is 1. The van der Waals surface area contributed by atoms with Crippen molar-refractivity contribution in [2.24, 2.45) is 51.8 Å². The van der Waals surface area contributed by atoms with E-state index in [2.05, 4.69) is 26.1 Å². The van der Waals surface area contributed by atoms with Crippen LogP contribution in [0.15, 0.2) is 0 Å². The van der Waals surface area contributed by atoms with Gasteiger partial charge in [-0.05, 0) is 118 Å². The Kier molecular flexibility index (Phi) is 9.74. The highest BCUT2D eigenvalue weighted by atomic mass is 16.5. The van der Waals surface area contributed by atoms with Gasteiger partial charge in [0.2, 0.25) is 5.91 Å². The lowest BCUT2D eigenvalue weighted by atomic mass is 9.43. The number of carbonyl (C=O) groups excluding carboxylic acids is 3. The van der Waals surface area contributed by atoms with Gasteiger partial charge in [-0.25, -0.2) is 0 Å². The van der Waals surface area contributed by atoms with Crippen LogP contribution in [0.4, 0.5) is 0 Å². The minimum absolute atomic E-state index is 0.0748. The zero-order valence-electron chi connectivity index (χ0n) is 27.0. The molecule has 4 aliphatic carbocycles. The number of carboxylic acids is 1. The molecule has 0 heterocycles. The summed E-state index contributed by atoms with van der Waals surface area (Å²) in [5, 5.41) is 11.4. The van der Waals surface area contributed by atoms with E-state index >= 15 is 0 Å². The Morgan fingerprint density at radius 2 is 1.64 bits per heavy atom. The van der Waals surface area contributed by atoms with E-state index in [1.54, 1.807) is 0 Å². The number of aliphatic carboxylic acids is 1. The number of carboxylic acid groups (broad SMARTS) is 1. The Bertz CT molecular complexity index is 1040. The highest BCUT2D eigenvalue weighted by Crippen LogP contribution is 2.69. The highest BCUT2D eigenvalue weighted by molar-refractivity contribution is 5.81. The van der Waals surface area contributed by atoms with Gasteiger partial charge in [-0.1, -0.05) is 27.7 Å². The summed E-state index contributed by atoms with van der Waals surface area (Å²) in [4.78, 5) is 48.3. The van der Waals surface area contributed by atoms with E-state index in [1.807, 2.05) is 20.8 Å². The third kappa shape index (κ3) is 6.38. The maximum Gasteiger partial charge on any atom is 0.322 e. The molecule has 1 amide bonds. The zero-order valence-corrected chi connectivity index (χ0v) is 27.0. The van der Waals surface area contributed by atoms with Crippen LogP contribution in [0.25, 0.3) is 0 Å². The maximum atomic E-state index is 12.9. The van der Waals surface area contributed by atoms with Gasteiger partial charge in [-0.3, -0.25) is 19.2 Å². The molecule has 4 saturated carbocycles. The first kappa shape index (κ1) is 32.8. The van der Waals surface area contributed by atoms with Crippen molar-refractivity contribution in [2.75, 3.05) is 6.54 Å². The molecule has 0 aliphatic heterocycles. The summed E-state index contributed by atoms with van der Waals surface area (Å²) in [5.74, 6) is 0.891. The van der Waals surface area contributed by atoms with Crippen molar-refractivity contribution >= 4 is 23.8 Å². The number of hydrogen-bond acceptors (Lipinski definition) is 6. The Balaban J connectivity index is 1.49. The molecule has 0 aromatic heterocycles. The highest BCUT2D eigenvalue weighted by Gasteiger charge is 2.64. The molecular weight excluding hydrogens is 534 g/mol. The van der Waals surface area contributed by atoms with Crippen LogP contribution in [0, 0.1) is 51.8 Å². The second-order valence-electron chi connectivity index (χ2n) is 15.3. The largest absolute Gasteiger partial charge is 0.480 e. The van der Waals surface area contributed by atoms with Crippen LogP contribution >= 0.6 is 0 Å². The standard InChI is InChI=1S/C34H55NO7/c1-8-32(4,5)31(40)42-23-13-15-33(6)22(17-23)18-27(41-21(3)36)30-25-11-10-24(34(25,7)16-14-26(30)33)20(2)9-12-28(37)35-19-29(38)39/h20,22-27,30H,8-19H2,1-7H3,(H,35,37)(H,38,39). The molecule has 0 aromatic carbocycles. The fourth-order valence-corrected chi connectivity index (χ4v) is 9.85. The Hall–Kier alpha value is -2.12. The van der Waals surface area contributed by atoms with E-state index in [9.17, 15) is 19.2 Å². The number of fused-ring (bicyclic) bond motifs is 5. The summed E-state index contributed by atoms with van der Waals surface area (Å²) in [6.07, 6.45) is 9.71. The first-order valence-corrected chi connectivity index (χ1v) is 16.5. The van der Waals surface area contributed by atoms with Gasteiger partial charge in [-0.2, -0.15) is 0 Å². The Labute approximate surface area is 252 Å². The number of nitrogens with one attached hydrogen (secondary N) is 1. The smallest absolute Gasteiger partial charge is 0.322 e. The molecule has 0 saturated heterocycles. The van der Waals surface area contributed by atoms with Crippen LogP contribution in [0.2, 0.25) is 0 Å². The Morgan fingerprint density at radius 3 is 2.29 bits per heavy atom. The van der Waals surface area contributed by atoms with Crippen molar-refractivity contribution in [1.82, 2.24) is 5.32 Å². The zero-order chi connectivity index (χ0) is 31.0. The molecule has 238 valence electrons. The van der Waals surface area contributed by atoms with Crippen LogP contribution in [0.5, 0.6) is 0 Å². The van der Waals surface area contributed by atoms with Gasteiger partial charge in [0.15, 0.2) is 0 Å². The van der Waals surface area contributed by atoms with Gasteiger partial charge >= 0.3 is 17.9 Å². The summed E-state index contributed by atoms with van der Waals surface area (Å²) >= 11 is 0. The van der Waals surface area contributed by atoms with E-state index < -0.39 is 11.4 Å². The Morgan fingerprint density at radius 1 is 0.976 bits per heavy atom. The molecule has 10 unspecified atom stereocenters. The second-order valence-corrected chi connectivity index (χ2v) is 15.3. The minimum atomic E-state index is -1.03. The molecular formula is C34H55NO7. The first-order valence-electron chi connectivity index (χ1n) is 16.5. The van der Waals surface area contributed by atoms with Gasteiger partial charge in [-0.15, -0.1) is 0 Å². The summed E-state index contributed by atoms with van der Waals surface area (Å²) < 4.78 is 12.3. The molecule has 0 bridgehead atoms. The van der Waals surface area contributed by atoms with Crippen LogP contribution in [0.3, 0.4) is 0 Å². The lowest BCUT2D eigenvalue weighted by Crippen LogP contribution is -2.59. The molecule has 4 aliphatic rings. The molecule has 4 rings (SSSR count). The number of hydrogen-bond donors (Lipinski definition) is 2. The van der Waals surface area contributed by atoms with Crippen LogP contribution in [-0.2, 0) is 28.7 Å². The van der Waals surface area contributed by atoms with Crippen LogP contribution in [0.1, 0.15) is 119 Å². The summed E-state index contributed by atoms with van der Waals surface area (Å²) in [7, 11) is 0. The molecule has 42 heavy (non-hydrogen) atoms. The molecule has 0 spiro atoms. The van der Waals surface area contributed by atoms with Crippen molar-refractivity contribution in [3.8, 4) is 0 Å². The maximum absolute atomic E-state index is 12.9. The number of carbonyl (C=O) groups is 4. The van der Waals surface area contributed by atoms with Crippen molar-refractivity contribution in [2.45, 2.75) is 131 Å². The van der Waals surface area contributed by atoms with E-state index in [-0.39, 0.29) is 47.4 Å². The van der Waals surface area contributed by atoms with Gasteiger partial charge < -0.3 is 19.9 Å². The van der Waals surface area contributed by atoms with Gasteiger partial charge in [0.25, 0.3) is 0 Å². The molecule has 10 atom stereocenters. The quantitative estimate of drug-likeness (QED) is 0.293. The topological polar surface area (TPSA) is 119 Å². The summed E-state index contributed by atoms with van der Waals surface area (Å²) in [6, 6.07) is 0. The summed E-state index contributed by atoms with van der Waals surface area (Å²) in [5.41, 5.74) is -0.221. The van der Waals surface area contributed by atoms with Crippen molar-refractivity contribution in [3.63, 3.8) is 0 Å². The van der Waals surface area contributed by atoms with Crippen LogP contribution in [-0.4, -0.2) is 47.7 Å².